The van der Waals surface area contributed by atoms with E-state index in [1.54, 1.807) is 6.07 Å². The lowest BCUT2D eigenvalue weighted by Gasteiger charge is -2.14. The Balaban J connectivity index is 2.46. The van der Waals surface area contributed by atoms with Gasteiger partial charge >= 0.3 is 11.8 Å². The Bertz CT molecular complexity index is 512. The van der Waals surface area contributed by atoms with Gasteiger partial charge in [-0.05, 0) is 37.8 Å². The van der Waals surface area contributed by atoms with Crippen LogP contribution in [0.25, 0.3) is 0 Å². The zero-order valence-corrected chi connectivity index (χ0v) is 13.1. The van der Waals surface area contributed by atoms with Crippen LogP contribution in [0.5, 0.6) is 0 Å². The molecule has 0 fully saturated rings. The van der Waals surface area contributed by atoms with Gasteiger partial charge in [0.15, 0.2) is 0 Å². The molecule has 1 unspecified atom stereocenters. The average molecular weight is 292 g/mol. The zero-order chi connectivity index (χ0) is 16.0. The highest BCUT2D eigenvalue weighted by Crippen LogP contribution is 2.15. The number of hydrogen-bond acceptors (Lipinski definition) is 3. The topological polar surface area (TPSA) is 78.4 Å². The normalized spacial score (nSPS) is 12.1. The second-order valence-corrected chi connectivity index (χ2v) is 5.63. The Morgan fingerprint density at radius 1 is 1.19 bits per heavy atom. The fourth-order valence-corrected chi connectivity index (χ4v) is 1.88. The van der Waals surface area contributed by atoms with Crippen LogP contribution < -0.4 is 10.6 Å². The summed E-state index contributed by atoms with van der Waals surface area (Å²) in [5.41, 5.74) is 2.63. The van der Waals surface area contributed by atoms with Gasteiger partial charge in [0, 0.05) is 12.2 Å². The summed E-state index contributed by atoms with van der Waals surface area (Å²) in [6.07, 6.45) is -0.0482. The first-order chi connectivity index (χ1) is 9.81. The summed E-state index contributed by atoms with van der Waals surface area (Å²) in [6, 6.07) is 5.59. The smallest absolute Gasteiger partial charge is 0.313 e. The molecule has 0 saturated heterocycles. The van der Waals surface area contributed by atoms with Crippen molar-refractivity contribution in [2.24, 2.45) is 5.92 Å². The fourth-order valence-electron chi connectivity index (χ4n) is 1.88. The van der Waals surface area contributed by atoms with E-state index in [1.807, 2.05) is 39.8 Å². The molecule has 0 heterocycles. The van der Waals surface area contributed by atoms with E-state index in [0.29, 0.717) is 12.1 Å². The molecule has 5 nitrogen and oxygen atoms in total. The standard InChI is InChI=1S/C16H24N2O3/c1-10(2)14(19)7-8-17-15(20)16(21)18-13-6-5-11(3)9-12(13)4/h5-6,9-10,14,19H,7-8H2,1-4H3,(H,17,20)(H,18,21). The molecule has 3 N–H and O–H groups in total. The Hall–Kier alpha value is -1.88. The average Bonchev–Trinajstić information content (AvgIpc) is 2.41. The molecule has 1 rings (SSSR count). The van der Waals surface area contributed by atoms with E-state index in [2.05, 4.69) is 10.6 Å². The predicted octanol–water partition coefficient (Wildman–Crippen LogP) is 1.77. The van der Waals surface area contributed by atoms with E-state index in [0.717, 1.165) is 11.1 Å². The van der Waals surface area contributed by atoms with E-state index in [4.69, 9.17) is 0 Å². The van der Waals surface area contributed by atoms with Crippen LogP contribution in [-0.4, -0.2) is 29.6 Å². The van der Waals surface area contributed by atoms with E-state index in [1.165, 1.54) is 0 Å². The Kier molecular flexibility index (Phi) is 6.37. The molecule has 0 saturated carbocycles. The largest absolute Gasteiger partial charge is 0.393 e. The number of benzene rings is 1. The van der Waals surface area contributed by atoms with E-state index in [9.17, 15) is 14.7 Å². The van der Waals surface area contributed by atoms with Gasteiger partial charge in [-0.1, -0.05) is 31.5 Å². The van der Waals surface area contributed by atoms with Gasteiger partial charge in [0.05, 0.1) is 6.10 Å². The van der Waals surface area contributed by atoms with Gasteiger partial charge in [0.1, 0.15) is 0 Å². The number of anilines is 1. The van der Waals surface area contributed by atoms with Crippen molar-refractivity contribution < 1.29 is 14.7 Å². The lowest BCUT2D eigenvalue weighted by atomic mass is 10.0. The molecule has 21 heavy (non-hydrogen) atoms. The summed E-state index contributed by atoms with van der Waals surface area (Å²) in [4.78, 5) is 23.4. The van der Waals surface area contributed by atoms with Crippen LogP contribution in [0.15, 0.2) is 18.2 Å². The molecular weight excluding hydrogens is 268 g/mol. The molecule has 1 atom stereocenters. The van der Waals surface area contributed by atoms with E-state index >= 15 is 0 Å². The predicted molar refractivity (Wildman–Crippen MR) is 83.0 cm³/mol. The van der Waals surface area contributed by atoms with Gasteiger partial charge in [0.2, 0.25) is 0 Å². The summed E-state index contributed by atoms with van der Waals surface area (Å²) in [7, 11) is 0. The van der Waals surface area contributed by atoms with Crippen molar-refractivity contribution in [3.8, 4) is 0 Å². The number of carbonyl (C=O) groups excluding carboxylic acids is 2. The molecular formula is C16H24N2O3. The third-order valence-corrected chi connectivity index (χ3v) is 3.33. The minimum absolute atomic E-state index is 0.130. The Labute approximate surface area is 125 Å². The van der Waals surface area contributed by atoms with Crippen molar-refractivity contribution in [1.82, 2.24) is 5.32 Å². The van der Waals surface area contributed by atoms with E-state index in [-0.39, 0.29) is 12.5 Å². The van der Waals surface area contributed by atoms with Gasteiger partial charge in [-0.25, -0.2) is 0 Å². The van der Waals surface area contributed by atoms with Crippen LogP contribution in [0.1, 0.15) is 31.4 Å². The number of hydrogen-bond donors (Lipinski definition) is 3. The van der Waals surface area contributed by atoms with Gasteiger partial charge in [-0.2, -0.15) is 0 Å². The minimum Gasteiger partial charge on any atom is -0.393 e. The number of amides is 2. The Morgan fingerprint density at radius 3 is 2.43 bits per heavy atom. The van der Waals surface area contributed by atoms with Gasteiger partial charge in [-0.3, -0.25) is 9.59 Å². The number of aryl methyl sites for hydroxylation is 2. The molecule has 2 amide bonds. The highest BCUT2D eigenvalue weighted by Gasteiger charge is 2.15. The maximum absolute atomic E-state index is 11.8. The van der Waals surface area contributed by atoms with Crippen LogP contribution in [0, 0.1) is 19.8 Å². The molecule has 0 spiro atoms. The van der Waals surface area contributed by atoms with Crippen LogP contribution in [0.3, 0.4) is 0 Å². The quantitative estimate of drug-likeness (QED) is 0.724. The summed E-state index contributed by atoms with van der Waals surface area (Å²) >= 11 is 0. The first-order valence-electron chi connectivity index (χ1n) is 7.15. The highest BCUT2D eigenvalue weighted by molar-refractivity contribution is 6.39. The molecule has 0 bridgehead atoms. The van der Waals surface area contributed by atoms with Crippen molar-refractivity contribution >= 4 is 17.5 Å². The molecule has 0 aliphatic rings. The first-order valence-corrected chi connectivity index (χ1v) is 7.15. The van der Waals surface area contributed by atoms with Crippen molar-refractivity contribution in [3.63, 3.8) is 0 Å². The lowest BCUT2D eigenvalue weighted by Crippen LogP contribution is -2.37. The maximum atomic E-state index is 11.8. The third kappa shape index (κ3) is 5.55. The number of aliphatic hydroxyl groups excluding tert-OH is 1. The number of carbonyl (C=O) groups is 2. The molecule has 5 heteroatoms. The molecule has 0 aliphatic heterocycles. The summed E-state index contributed by atoms with van der Waals surface area (Å²) in [5.74, 6) is -1.25. The van der Waals surface area contributed by atoms with Crippen molar-refractivity contribution in [2.45, 2.75) is 40.2 Å². The second kappa shape index (κ2) is 7.78. The molecule has 1 aromatic carbocycles. The van der Waals surface area contributed by atoms with E-state index < -0.39 is 17.9 Å². The molecule has 116 valence electrons. The SMILES string of the molecule is Cc1ccc(NC(=O)C(=O)NCCC(O)C(C)C)c(C)c1. The first kappa shape index (κ1) is 17.2. The van der Waals surface area contributed by atoms with Gasteiger partial charge in [0.25, 0.3) is 0 Å². The van der Waals surface area contributed by atoms with Crippen molar-refractivity contribution in [2.75, 3.05) is 11.9 Å². The number of rotatable bonds is 5. The monoisotopic (exact) mass is 292 g/mol. The van der Waals surface area contributed by atoms with Crippen molar-refractivity contribution in [3.05, 3.63) is 29.3 Å². The lowest BCUT2D eigenvalue weighted by molar-refractivity contribution is -0.136. The molecule has 1 aromatic rings. The summed E-state index contributed by atoms with van der Waals surface area (Å²) in [6.45, 7) is 7.92. The zero-order valence-electron chi connectivity index (χ0n) is 13.1. The molecule has 0 radical (unpaired) electrons. The second-order valence-electron chi connectivity index (χ2n) is 5.63. The highest BCUT2D eigenvalue weighted by atomic mass is 16.3. The van der Waals surface area contributed by atoms with Crippen LogP contribution in [0.4, 0.5) is 5.69 Å². The third-order valence-electron chi connectivity index (χ3n) is 3.33. The van der Waals surface area contributed by atoms with Crippen molar-refractivity contribution in [1.29, 1.82) is 0 Å². The van der Waals surface area contributed by atoms with Gasteiger partial charge in [-0.15, -0.1) is 0 Å². The maximum Gasteiger partial charge on any atom is 0.313 e. The number of nitrogens with one attached hydrogen (secondary N) is 2. The number of aliphatic hydroxyl groups is 1. The summed E-state index contributed by atoms with van der Waals surface area (Å²) in [5, 5.41) is 14.7. The minimum atomic E-state index is -0.694. The van der Waals surface area contributed by atoms with Crippen LogP contribution >= 0.6 is 0 Å². The molecule has 0 aromatic heterocycles. The van der Waals surface area contributed by atoms with Crippen LogP contribution in [0.2, 0.25) is 0 Å². The van der Waals surface area contributed by atoms with Gasteiger partial charge < -0.3 is 15.7 Å². The van der Waals surface area contributed by atoms with Crippen LogP contribution in [-0.2, 0) is 9.59 Å². The summed E-state index contributed by atoms with van der Waals surface area (Å²) < 4.78 is 0. The molecule has 0 aliphatic carbocycles. The fraction of sp³-hybridized carbons (Fsp3) is 0.500. The Morgan fingerprint density at radius 2 is 1.86 bits per heavy atom.